The minimum atomic E-state index is -0.999. The van der Waals surface area contributed by atoms with Crippen molar-refractivity contribution in [2.45, 2.75) is 69.4 Å². The predicted molar refractivity (Wildman–Crippen MR) is 169 cm³/mol. The van der Waals surface area contributed by atoms with Crippen LogP contribution in [0.25, 0.3) is 0 Å². The molecular formula is C32H41ClFN3O3S2. The van der Waals surface area contributed by atoms with Gasteiger partial charge in [0.2, 0.25) is 5.91 Å². The fraction of sp³-hybridized carbons (Fsp3) is 0.594. The van der Waals surface area contributed by atoms with Gasteiger partial charge in [-0.1, -0.05) is 29.8 Å². The fourth-order valence-electron chi connectivity index (χ4n) is 7.57. The van der Waals surface area contributed by atoms with E-state index in [1.54, 1.807) is 12.1 Å². The van der Waals surface area contributed by atoms with E-state index >= 15 is 4.39 Å². The van der Waals surface area contributed by atoms with Gasteiger partial charge in [0, 0.05) is 88.4 Å². The van der Waals surface area contributed by atoms with Crippen molar-refractivity contribution in [1.82, 2.24) is 9.21 Å². The first kappa shape index (κ1) is 30.4. The summed E-state index contributed by atoms with van der Waals surface area (Å²) in [5.41, 5.74) is 2.10. The molecule has 1 N–H and O–H groups in total. The maximum Gasteiger partial charge on any atom is 0.225 e. The molecule has 5 aliphatic heterocycles. The Bertz CT molecular complexity index is 1310. The number of nitrogens with one attached hydrogen (secondary N) is 1. The van der Waals surface area contributed by atoms with E-state index in [-0.39, 0.29) is 36.0 Å². The van der Waals surface area contributed by atoms with Gasteiger partial charge in [-0.25, -0.2) is 12.9 Å². The average molecular weight is 634 g/mol. The molecule has 5 aliphatic rings. The molecule has 5 atom stereocenters. The highest BCUT2D eigenvalue weighted by molar-refractivity contribution is 7.85. The Hall–Kier alpha value is -1.65. The van der Waals surface area contributed by atoms with Crippen LogP contribution in [0.4, 0.5) is 10.1 Å². The zero-order chi connectivity index (χ0) is 29.2. The molecule has 2 aromatic carbocycles. The molecule has 5 fully saturated rings. The van der Waals surface area contributed by atoms with Crippen molar-refractivity contribution in [1.29, 1.82) is 0 Å². The van der Waals surface area contributed by atoms with Crippen LogP contribution in [0, 0.1) is 17.7 Å². The van der Waals surface area contributed by atoms with Crippen LogP contribution in [-0.2, 0) is 33.0 Å². The largest absolute Gasteiger partial charge is 0.326 e. The number of hydrogen-bond acceptors (Lipinski definition) is 4. The van der Waals surface area contributed by atoms with Gasteiger partial charge in [0.25, 0.3) is 0 Å². The molecule has 5 heterocycles. The quantitative estimate of drug-likeness (QED) is 0.416. The number of amides is 1. The molecule has 4 bridgehead atoms. The van der Waals surface area contributed by atoms with Gasteiger partial charge in [-0.3, -0.25) is 13.9 Å². The summed E-state index contributed by atoms with van der Waals surface area (Å²) >= 11 is 6.15. The van der Waals surface area contributed by atoms with Crippen molar-refractivity contribution in [3.8, 4) is 0 Å². The lowest BCUT2D eigenvalue weighted by molar-refractivity contribution is -0.116. The molecule has 5 unspecified atom stereocenters. The van der Waals surface area contributed by atoms with E-state index in [1.807, 2.05) is 24.3 Å². The lowest BCUT2D eigenvalue weighted by Gasteiger charge is -2.53. The van der Waals surface area contributed by atoms with Gasteiger partial charge in [-0.15, -0.1) is 0 Å². The Kier molecular flexibility index (Phi) is 9.80. The number of carbonyl (C=O) groups is 1. The molecule has 1 amide bonds. The van der Waals surface area contributed by atoms with E-state index in [4.69, 9.17) is 11.6 Å². The molecule has 7 rings (SSSR count). The van der Waals surface area contributed by atoms with Gasteiger partial charge in [-0.2, -0.15) is 0 Å². The first-order chi connectivity index (χ1) is 20.4. The Morgan fingerprint density at radius 1 is 1.02 bits per heavy atom. The third-order valence-corrected chi connectivity index (χ3v) is 13.2. The smallest absolute Gasteiger partial charge is 0.225 e. The summed E-state index contributed by atoms with van der Waals surface area (Å²) in [6, 6.07) is 13.3. The van der Waals surface area contributed by atoms with E-state index in [0.717, 1.165) is 57.3 Å². The summed E-state index contributed by atoms with van der Waals surface area (Å²) in [7, 11) is -1.79. The molecule has 6 nitrogen and oxygen atoms in total. The summed E-state index contributed by atoms with van der Waals surface area (Å²) in [5.74, 6) is 2.24. The first-order valence-corrected chi connectivity index (χ1v) is 18.6. The van der Waals surface area contributed by atoms with E-state index in [0.29, 0.717) is 58.3 Å². The van der Waals surface area contributed by atoms with Crippen molar-refractivity contribution < 1.29 is 17.6 Å². The van der Waals surface area contributed by atoms with Gasteiger partial charge >= 0.3 is 0 Å². The molecule has 0 radical (unpaired) electrons. The minimum absolute atomic E-state index is 0.0287. The number of halogens is 2. The molecule has 0 aromatic heterocycles. The number of anilines is 1. The van der Waals surface area contributed by atoms with Crippen LogP contribution < -0.4 is 5.32 Å². The highest BCUT2D eigenvalue weighted by atomic mass is 35.5. The fourth-order valence-corrected chi connectivity index (χ4v) is 10.6. The van der Waals surface area contributed by atoms with Gasteiger partial charge in [0.15, 0.2) is 0 Å². The average Bonchev–Trinajstić information content (AvgIpc) is 2.93. The predicted octanol–water partition coefficient (Wildman–Crippen LogP) is 5.52. The van der Waals surface area contributed by atoms with Crippen LogP contribution in [-0.4, -0.2) is 72.5 Å². The van der Waals surface area contributed by atoms with Crippen LogP contribution in [0.2, 0.25) is 5.02 Å². The summed E-state index contributed by atoms with van der Waals surface area (Å²) < 4.78 is 42.8. The first-order valence-electron chi connectivity index (χ1n) is 15.4. The van der Waals surface area contributed by atoms with Crippen LogP contribution >= 0.6 is 11.6 Å². The monoisotopic (exact) mass is 633 g/mol. The number of hydrogen-bond donors (Lipinski definition) is 1. The maximum atomic E-state index is 15.3. The van der Waals surface area contributed by atoms with Gasteiger partial charge in [0.05, 0.1) is 11.0 Å². The molecule has 2 aromatic rings. The number of nitrogens with zero attached hydrogens (tertiary/aromatic N) is 2. The Morgan fingerprint density at radius 3 is 2.55 bits per heavy atom. The topological polar surface area (TPSA) is 69.7 Å². The lowest BCUT2D eigenvalue weighted by atomic mass is 9.80. The second-order valence-corrected chi connectivity index (χ2v) is 16.1. The second-order valence-electron chi connectivity index (χ2n) is 12.4. The van der Waals surface area contributed by atoms with Crippen molar-refractivity contribution in [3.63, 3.8) is 0 Å². The standard InChI is InChI=1S/C32H41ClFN3O3S2/c33-25-8-6-22(7-9-25)28(23-13-17-41(39)18-14-23)19-32(38)35-30-5-1-4-29(34)27(30)10-11-31-24-20-36(21-24)26-3-2-16-42(40)37(31)15-12-26/h1,4-9,23-24,26,28,31H,2-3,10-21H2,(H,35,38). The van der Waals surface area contributed by atoms with E-state index in [9.17, 15) is 13.2 Å². The van der Waals surface area contributed by atoms with E-state index < -0.39 is 21.8 Å². The normalized spacial score (nSPS) is 33.4. The highest BCUT2D eigenvalue weighted by Crippen LogP contribution is 2.38. The molecule has 5 saturated heterocycles. The van der Waals surface area contributed by atoms with Crippen molar-refractivity contribution in [3.05, 3.63) is 64.4 Å². The molecule has 10 heteroatoms. The Morgan fingerprint density at radius 2 is 1.79 bits per heavy atom. The second kappa shape index (κ2) is 13.6. The SMILES string of the molecule is O=C(CC(c1ccc(Cl)cc1)C1CCS(=O)CC1)Nc1cccc(F)c1CCC1C2CN(C2)C2CCCS(=O)N1CC2. The van der Waals surface area contributed by atoms with Gasteiger partial charge < -0.3 is 5.32 Å². The number of carbonyl (C=O) groups excluding carboxylic acids is 1. The summed E-state index contributed by atoms with van der Waals surface area (Å²) in [4.78, 5) is 16.1. The highest BCUT2D eigenvalue weighted by Gasteiger charge is 2.44. The van der Waals surface area contributed by atoms with Gasteiger partial charge in [0.1, 0.15) is 5.82 Å². The summed E-state index contributed by atoms with van der Waals surface area (Å²) in [6.45, 7) is 2.89. The zero-order valence-electron chi connectivity index (χ0n) is 24.0. The van der Waals surface area contributed by atoms with Crippen LogP contribution in [0.1, 0.15) is 62.0 Å². The number of benzene rings is 2. The molecule has 0 aliphatic carbocycles. The van der Waals surface area contributed by atoms with Crippen LogP contribution in [0.3, 0.4) is 0 Å². The molecule has 228 valence electrons. The van der Waals surface area contributed by atoms with E-state index in [1.165, 1.54) is 6.07 Å². The third kappa shape index (κ3) is 6.85. The molecule has 42 heavy (non-hydrogen) atoms. The third-order valence-electron chi connectivity index (χ3n) is 9.96. The summed E-state index contributed by atoms with van der Waals surface area (Å²) in [5, 5.41) is 3.70. The maximum absolute atomic E-state index is 15.3. The molecular weight excluding hydrogens is 593 g/mol. The van der Waals surface area contributed by atoms with Crippen LogP contribution in [0.5, 0.6) is 0 Å². The summed E-state index contributed by atoms with van der Waals surface area (Å²) in [6.07, 6.45) is 6.26. The zero-order valence-corrected chi connectivity index (χ0v) is 26.4. The van der Waals surface area contributed by atoms with E-state index in [2.05, 4.69) is 14.5 Å². The van der Waals surface area contributed by atoms with Crippen molar-refractivity contribution >= 4 is 45.0 Å². The Balaban J connectivity index is 1.16. The van der Waals surface area contributed by atoms with Crippen molar-refractivity contribution in [2.24, 2.45) is 11.8 Å². The van der Waals surface area contributed by atoms with Crippen molar-refractivity contribution in [2.75, 3.05) is 42.2 Å². The minimum Gasteiger partial charge on any atom is -0.326 e. The lowest BCUT2D eigenvalue weighted by Crippen LogP contribution is -2.63. The molecule has 0 spiro atoms. The molecule has 0 saturated carbocycles. The van der Waals surface area contributed by atoms with Crippen LogP contribution in [0.15, 0.2) is 42.5 Å². The Labute approximate surface area is 258 Å². The number of rotatable bonds is 8. The van der Waals surface area contributed by atoms with Gasteiger partial charge in [-0.05, 0) is 86.6 Å².